The summed E-state index contributed by atoms with van der Waals surface area (Å²) in [6.45, 7) is 0.590. The van der Waals surface area contributed by atoms with Crippen molar-refractivity contribution in [2.75, 3.05) is 19.3 Å². The number of fused-ring (bicyclic) bond motifs is 3. The third-order valence-corrected chi connectivity index (χ3v) is 14.1. The summed E-state index contributed by atoms with van der Waals surface area (Å²) in [5, 5.41) is 6.03. The fourth-order valence-electron chi connectivity index (χ4n) is 5.85. The monoisotopic (exact) mass is 607 g/mol. The molecule has 0 radical (unpaired) electrons. The molecule has 0 amide bonds. The van der Waals surface area contributed by atoms with Gasteiger partial charge in [-0.15, -0.1) is 0 Å². The zero-order valence-corrected chi connectivity index (χ0v) is 25.6. The molecule has 218 valence electrons. The van der Waals surface area contributed by atoms with Crippen molar-refractivity contribution in [1.82, 2.24) is 4.72 Å². The first kappa shape index (κ1) is 29.2. The minimum absolute atomic E-state index is 0.136. The Morgan fingerprint density at radius 2 is 1.28 bits per heavy atom. The Labute approximate surface area is 255 Å². The van der Waals surface area contributed by atoms with Gasteiger partial charge in [0, 0.05) is 10.8 Å². The predicted octanol–water partition coefficient (Wildman–Crippen LogP) is 6.25. The summed E-state index contributed by atoms with van der Waals surface area (Å²) in [4.78, 5) is 13.2. The molecule has 5 nitrogen and oxygen atoms in total. The van der Waals surface area contributed by atoms with E-state index < -0.39 is 18.6 Å². The van der Waals surface area contributed by atoms with Gasteiger partial charge in [0.1, 0.15) is 5.58 Å². The number of rotatable bonds is 12. The molecule has 0 spiro atoms. The molecule has 0 aliphatic rings. The number of hydrogen-bond donors (Lipinski definition) is 1. The first-order valence-corrected chi connectivity index (χ1v) is 17.9. The van der Waals surface area contributed by atoms with Crippen molar-refractivity contribution in [1.29, 1.82) is 0 Å². The fourth-order valence-corrected chi connectivity index (χ4v) is 11.5. The van der Waals surface area contributed by atoms with Crippen molar-refractivity contribution in [2.45, 2.75) is 17.7 Å². The molecule has 0 bridgehead atoms. The average Bonchev–Trinajstić information content (AvgIpc) is 3.44. The summed E-state index contributed by atoms with van der Waals surface area (Å²) in [6, 6.07) is 45.6. The van der Waals surface area contributed by atoms with Crippen LogP contribution < -0.4 is 20.6 Å². The number of benzene rings is 5. The zero-order valence-electron chi connectivity index (χ0n) is 23.8. The number of ether oxygens (including phenoxy) is 1. The van der Waals surface area contributed by atoms with Gasteiger partial charge in [-0.05, 0) is 6.07 Å². The van der Waals surface area contributed by atoms with E-state index >= 15 is 0 Å². The summed E-state index contributed by atoms with van der Waals surface area (Å²) in [7, 11) is -2.36. The Morgan fingerprint density at radius 1 is 0.721 bits per heavy atom. The fraction of sp³-hybridized carbons (Fsp3) is 0.139. The topological polar surface area (TPSA) is 74.5 Å². The second-order valence-corrected chi connectivity index (χ2v) is 15.8. The van der Waals surface area contributed by atoms with Crippen LogP contribution in [0.5, 0.6) is 0 Å². The van der Waals surface area contributed by atoms with Crippen molar-refractivity contribution < 1.29 is 18.5 Å². The van der Waals surface area contributed by atoms with Crippen LogP contribution in [0.25, 0.3) is 21.9 Å². The number of carbonyl (C=O) groups is 1. The van der Waals surface area contributed by atoms with E-state index in [9.17, 15) is 9.35 Å². The van der Waals surface area contributed by atoms with Gasteiger partial charge in [0.2, 0.25) is 0 Å². The molecule has 0 saturated carbocycles. The molecule has 1 aromatic heterocycles. The van der Waals surface area contributed by atoms with Gasteiger partial charge in [0.05, 0.1) is 0 Å². The number of nitrogens with one attached hydrogen (secondary N) is 1. The Bertz CT molecular complexity index is 1700. The van der Waals surface area contributed by atoms with Gasteiger partial charge in [-0.2, -0.15) is 0 Å². The van der Waals surface area contributed by atoms with Crippen molar-refractivity contribution >= 4 is 62.4 Å². The van der Waals surface area contributed by atoms with E-state index in [1.54, 1.807) is 6.07 Å². The minimum atomic E-state index is -2.36. The quantitative estimate of drug-likeness (QED) is 0.0771. The van der Waals surface area contributed by atoms with Gasteiger partial charge in [-0.1, -0.05) is 18.2 Å². The normalized spacial score (nSPS) is 12.8. The molecular weight excluding hydrogens is 573 g/mol. The second-order valence-electron chi connectivity index (χ2n) is 10.5. The first-order valence-electron chi connectivity index (χ1n) is 14.5. The van der Waals surface area contributed by atoms with Gasteiger partial charge in [-0.25, -0.2) is 0 Å². The van der Waals surface area contributed by atoms with Gasteiger partial charge in [0.15, 0.2) is 0 Å². The van der Waals surface area contributed by atoms with Crippen LogP contribution in [0.4, 0.5) is 0 Å². The number of para-hydroxylation sites is 1. The van der Waals surface area contributed by atoms with E-state index in [0.29, 0.717) is 17.1 Å². The van der Waals surface area contributed by atoms with Crippen LogP contribution in [0, 0.1) is 0 Å². The van der Waals surface area contributed by atoms with E-state index in [4.69, 9.17) is 9.15 Å². The van der Waals surface area contributed by atoms with Gasteiger partial charge in [-0.3, -0.25) is 0 Å². The average molecular weight is 608 g/mol. The maximum atomic E-state index is 12.9. The zero-order chi connectivity index (χ0) is 29.5. The molecule has 0 aliphatic carbocycles. The number of furan rings is 1. The van der Waals surface area contributed by atoms with Crippen LogP contribution in [0.3, 0.4) is 0 Å². The molecule has 0 aliphatic heterocycles. The van der Waals surface area contributed by atoms with E-state index in [1.807, 2.05) is 36.4 Å². The van der Waals surface area contributed by atoms with E-state index in [-0.39, 0.29) is 18.9 Å². The number of esters is 1. The molecule has 7 heteroatoms. The molecule has 6 rings (SSSR count). The predicted molar refractivity (Wildman–Crippen MR) is 180 cm³/mol. The molecule has 43 heavy (non-hydrogen) atoms. The summed E-state index contributed by atoms with van der Waals surface area (Å²) in [6.07, 6.45) is 1.79. The van der Waals surface area contributed by atoms with Gasteiger partial charge >= 0.3 is 211 Å². The molecule has 1 unspecified atom stereocenters. The van der Waals surface area contributed by atoms with Crippen LogP contribution in [0.1, 0.15) is 12.8 Å². The summed E-state index contributed by atoms with van der Waals surface area (Å²) in [5.41, 5.74) is 1.49. The summed E-state index contributed by atoms with van der Waals surface area (Å²) >= 11 is -1.47. The number of carbonyl (C=O) groups excluding carboxylic acids is 1. The van der Waals surface area contributed by atoms with E-state index in [0.717, 1.165) is 28.9 Å². The Morgan fingerprint density at radius 3 is 1.91 bits per heavy atom. The molecule has 0 fully saturated rings. The van der Waals surface area contributed by atoms with Crippen LogP contribution >= 0.6 is 7.26 Å². The SMILES string of the molecule is O=C(CCN[S+]([O-])c1ccc2c(c1)oc1ccccc12)OCCC[PH](c1ccccc1)(c1ccccc1)c1ccccc1. The summed E-state index contributed by atoms with van der Waals surface area (Å²) < 4.78 is 27.4. The Balaban J connectivity index is 1.06. The van der Waals surface area contributed by atoms with Crippen LogP contribution in [-0.2, 0) is 20.9 Å². The molecule has 1 N–H and O–H groups in total. The van der Waals surface area contributed by atoms with Crippen molar-refractivity contribution in [3.05, 3.63) is 133 Å². The Kier molecular flexibility index (Phi) is 9.21. The van der Waals surface area contributed by atoms with Crippen molar-refractivity contribution in [2.24, 2.45) is 0 Å². The third kappa shape index (κ3) is 6.39. The molecule has 1 atom stereocenters. The number of hydrogen-bond acceptors (Lipinski definition) is 5. The second kappa shape index (κ2) is 13.6. The van der Waals surface area contributed by atoms with Crippen LogP contribution in [-0.4, -0.2) is 29.8 Å². The molecule has 0 saturated heterocycles. The Hall–Kier alpha value is -3.93. The van der Waals surface area contributed by atoms with Crippen LogP contribution in [0.15, 0.2) is 143 Å². The molecule has 5 aromatic carbocycles. The molecular formula is C36H34NO4PS. The van der Waals surface area contributed by atoms with Crippen molar-refractivity contribution in [3.63, 3.8) is 0 Å². The molecule has 6 aromatic rings. The standard InChI is InChI=1S/C36H34NO4PS/c38-36(23-24-37-43(39)31-21-22-33-32-19-10-11-20-34(32)41-35(33)27-31)40-25-12-26-42(28-13-4-1-5-14-28,29-15-6-2-7-16-29)30-17-8-3-9-18-30/h1-11,13-22,27,37,42H,12,23-26H2. The first-order chi connectivity index (χ1) is 21.1. The molecule has 1 heterocycles. The van der Waals surface area contributed by atoms with Gasteiger partial charge in [0.25, 0.3) is 0 Å². The summed E-state index contributed by atoms with van der Waals surface area (Å²) in [5.74, 6) is -0.302. The van der Waals surface area contributed by atoms with Gasteiger partial charge < -0.3 is 4.42 Å². The van der Waals surface area contributed by atoms with Crippen molar-refractivity contribution in [3.8, 4) is 0 Å². The van der Waals surface area contributed by atoms with E-state index in [2.05, 4.69) is 95.7 Å². The van der Waals surface area contributed by atoms with Crippen LogP contribution in [0.2, 0.25) is 0 Å². The van der Waals surface area contributed by atoms with E-state index in [1.165, 1.54) is 15.9 Å². The maximum absolute atomic E-state index is 12.9. The third-order valence-electron chi connectivity index (χ3n) is 7.89.